The number of nitrogens with one attached hydrogen (secondary N) is 1. The number of hydrogen-bond donors (Lipinski definition) is 1. The molecule has 5 heteroatoms. The van der Waals surface area contributed by atoms with Gasteiger partial charge in [0.2, 0.25) is 5.91 Å². The van der Waals surface area contributed by atoms with Gasteiger partial charge < -0.3 is 15.0 Å². The zero-order chi connectivity index (χ0) is 21.1. The predicted octanol–water partition coefficient (Wildman–Crippen LogP) is 4.47. The molecule has 1 atom stereocenters. The van der Waals surface area contributed by atoms with Gasteiger partial charge in [-0.1, -0.05) is 42.5 Å². The number of carbonyl (C=O) groups excluding carboxylic acids is 2. The molecule has 0 spiro atoms. The second-order valence-electron chi connectivity index (χ2n) is 7.79. The molecule has 1 heterocycles. The van der Waals surface area contributed by atoms with E-state index in [0.717, 1.165) is 33.3 Å². The smallest absolute Gasteiger partial charge is 0.258 e. The van der Waals surface area contributed by atoms with E-state index in [9.17, 15) is 9.59 Å². The van der Waals surface area contributed by atoms with Crippen molar-refractivity contribution >= 4 is 28.3 Å². The molecule has 0 radical (unpaired) electrons. The molecule has 0 saturated heterocycles. The zero-order valence-corrected chi connectivity index (χ0v) is 17.4. The normalized spacial score (nSPS) is 13.5. The van der Waals surface area contributed by atoms with E-state index in [2.05, 4.69) is 5.32 Å². The number of amides is 2. The Kier molecular flexibility index (Phi) is 5.70. The predicted molar refractivity (Wildman–Crippen MR) is 119 cm³/mol. The number of rotatable bonds is 8. The molecule has 2 amide bonds. The molecule has 154 valence electrons. The van der Waals surface area contributed by atoms with Gasteiger partial charge in [0.25, 0.3) is 5.91 Å². The maximum atomic E-state index is 12.8. The van der Waals surface area contributed by atoms with Crippen LogP contribution in [0.25, 0.3) is 10.8 Å². The Morgan fingerprint density at radius 3 is 2.63 bits per heavy atom. The first kappa shape index (κ1) is 20.0. The van der Waals surface area contributed by atoms with Crippen LogP contribution in [-0.2, 0) is 4.79 Å². The first-order valence-corrected chi connectivity index (χ1v) is 10.4. The van der Waals surface area contributed by atoms with Crippen molar-refractivity contribution in [3.63, 3.8) is 0 Å². The number of aryl methyl sites for hydroxylation is 1. The monoisotopic (exact) mass is 402 g/mol. The number of ether oxygens (including phenoxy) is 1. The standard InChI is InChI=1S/C25H26N2O3/c1-17-8-3-4-13-22(17)30-16-18(2)26-23(28)14-7-15-27-21-12-6-10-19-9-5-11-20(24(19)21)25(27)29/h3-6,8-13,18H,7,14-16H2,1-2H3,(H,26,28). The number of para-hydroxylation sites is 1. The van der Waals surface area contributed by atoms with E-state index in [1.807, 2.05) is 74.5 Å². The molecule has 1 N–H and O–H groups in total. The number of anilines is 1. The van der Waals surface area contributed by atoms with Crippen LogP contribution in [-0.4, -0.2) is 31.0 Å². The van der Waals surface area contributed by atoms with Crippen LogP contribution in [0.4, 0.5) is 5.69 Å². The summed E-state index contributed by atoms with van der Waals surface area (Å²) in [4.78, 5) is 26.9. The molecule has 3 aromatic rings. The third-order valence-electron chi connectivity index (χ3n) is 5.42. The average molecular weight is 402 g/mol. The van der Waals surface area contributed by atoms with E-state index >= 15 is 0 Å². The Morgan fingerprint density at radius 2 is 1.83 bits per heavy atom. The summed E-state index contributed by atoms with van der Waals surface area (Å²) in [7, 11) is 0. The summed E-state index contributed by atoms with van der Waals surface area (Å²) in [5, 5.41) is 5.06. The van der Waals surface area contributed by atoms with Crippen molar-refractivity contribution in [2.75, 3.05) is 18.1 Å². The molecular weight excluding hydrogens is 376 g/mol. The fourth-order valence-corrected chi connectivity index (χ4v) is 3.92. The number of carbonyl (C=O) groups is 2. The van der Waals surface area contributed by atoms with Gasteiger partial charge in [0.05, 0.1) is 11.7 Å². The van der Waals surface area contributed by atoms with Gasteiger partial charge >= 0.3 is 0 Å². The van der Waals surface area contributed by atoms with E-state index in [1.54, 1.807) is 4.90 Å². The molecule has 0 aliphatic carbocycles. The minimum absolute atomic E-state index is 0.0159. The van der Waals surface area contributed by atoms with Gasteiger partial charge in [-0.3, -0.25) is 9.59 Å². The Bertz CT molecular complexity index is 1090. The third kappa shape index (κ3) is 4.01. The van der Waals surface area contributed by atoms with E-state index in [4.69, 9.17) is 4.74 Å². The van der Waals surface area contributed by atoms with Crippen molar-refractivity contribution in [1.82, 2.24) is 5.32 Å². The van der Waals surface area contributed by atoms with Gasteiger partial charge in [0, 0.05) is 23.9 Å². The maximum absolute atomic E-state index is 12.8. The number of hydrogen-bond acceptors (Lipinski definition) is 3. The first-order chi connectivity index (χ1) is 14.5. The average Bonchev–Trinajstić information content (AvgIpc) is 3.01. The van der Waals surface area contributed by atoms with Crippen LogP contribution in [0.2, 0.25) is 0 Å². The second-order valence-corrected chi connectivity index (χ2v) is 7.79. The Labute approximate surface area is 176 Å². The summed E-state index contributed by atoms with van der Waals surface area (Å²) in [5.74, 6) is 0.820. The largest absolute Gasteiger partial charge is 0.491 e. The van der Waals surface area contributed by atoms with Crippen molar-refractivity contribution in [3.05, 3.63) is 71.8 Å². The summed E-state index contributed by atoms with van der Waals surface area (Å²) in [6.45, 7) is 4.86. The Balaban J connectivity index is 1.27. The van der Waals surface area contributed by atoms with Crippen LogP contribution >= 0.6 is 0 Å². The zero-order valence-electron chi connectivity index (χ0n) is 17.4. The van der Waals surface area contributed by atoms with Crippen molar-refractivity contribution in [2.45, 2.75) is 32.7 Å². The molecule has 0 bridgehead atoms. The lowest BCUT2D eigenvalue weighted by molar-refractivity contribution is -0.121. The van der Waals surface area contributed by atoms with Gasteiger partial charge in [-0.2, -0.15) is 0 Å². The van der Waals surface area contributed by atoms with Crippen LogP contribution in [0.5, 0.6) is 5.75 Å². The lowest BCUT2D eigenvalue weighted by atomic mass is 10.1. The Morgan fingerprint density at radius 1 is 1.07 bits per heavy atom. The molecule has 0 saturated carbocycles. The molecule has 5 nitrogen and oxygen atoms in total. The van der Waals surface area contributed by atoms with Crippen molar-refractivity contribution < 1.29 is 14.3 Å². The highest BCUT2D eigenvalue weighted by Crippen LogP contribution is 2.37. The second kappa shape index (κ2) is 8.57. The topological polar surface area (TPSA) is 58.6 Å². The molecule has 1 aliphatic rings. The van der Waals surface area contributed by atoms with Crippen molar-refractivity contribution in [2.24, 2.45) is 0 Å². The lowest BCUT2D eigenvalue weighted by Gasteiger charge is -2.19. The summed E-state index contributed by atoms with van der Waals surface area (Å²) < 4.78 is 5.80. The van der Waals surface area contributed by atoms with Gasteiger partial charge in [-0.05, 0) is 49.4 Å². The molecule has 1 unspecified atom stereocenters. The SMILES string of the molecule is Cc1ccccc1OCC(C)NC(=O)CCCN1C(=O)c2cccc3cccc1c23. The highest BCUT2D eigenvalue weighted by Gasteiger charge is 2.29. The van der Waals surface area contributed by atoms with Crippen LogP contribution < -0.4 is 15.0 Å². The van der Waals surface area contributed by atoms with Crippen LogP contribution in [0.3, 0.4) is 0 Å². The van der Waals surface area contributed by atoms with Gasteiger partial charge in [-0.15, -0.1) is 0 Å². The van der Waals surface area contributed by atoms with Crippen molar-refractivity contribution in [3.8, 4) is 5.75 Å². The summed E-state index contributed by atoms with van der Waals surface area (Å²) in [6, 6.07) is 19.5. The van der Waals surface area contributed by atoms with Crippen LogP contribution in [0.15, 0.2) is 60.7 Å². The van der Waals surface area contributed by atoms with E-state index < -0.39 is 0 Å². The van der Waals surface area contributed by atoms with Gasteiger partial charge in [0.15, 0.2) is 0 Å². The molecule has 3 aromatic carbocycles. The third-order valence-corrected chi connectivity index (χ3v) is 5.42. The van der Waals surface area contributed by atoms with E-state index in [-0.39, 0.29) is 17.9 Å². The fourth-order valence-electron chi connectivity index (χ4n) is 3.92. The summed E-state index contributed by atoms with van der Waals surface area (Å²) in [6.07, 6.45) is 0.970. The molecule has 1 aliphatic heterocycles. The van der Waals surface area contributed by atoms with Gasteiger partial charge in [0.1, 0.15) is 12.4 Å². The molecule has 0 fully saturated rings. The molecular formula is C25H26N2O3. The summed E-state index contributed by atoms with van der Waals surface area (Å²) >= 11 is 0. The highest BCUT2D eigenvalue weighted by molar-refractivity contribution is 6.25. The molecule has 4 rings (SSSR count). The number of benzene rings is 3. The van der Waals surface area contributed by atoms with Crippen LogP contribution in [0, 0.1) is 6.92 Å². The Hall–Kier alpha value is -3.34. The van der Waals surface area contributed by atoms with E-state index in [1.165, 1.54) is 0 Å². The van der Waals surface area contributed by atoms with E-state index in [0.29, 0.717) is 26.0 Å². The maximum Gasteiger partial charge on any atom is 0.258 e. The quantitative estimate of drug-likeness (QED) is 0.605. The molecule has 0 aromatic heterocycles. The highest BCUT2D eigenvalue weighted by atomic mass is 16.5. The minimum Gasteiger partial charge on any atom is -0.491 e. The van der Waals surface area contributed by atoms with Gasteiger partial charge in [-0.25, -0.2) is 0 Å². The minimum atomic E-state index is -0.0940. The lowest BCUT2D eigenvalue weighted by Crippen LogP contribution is -2.37. The first-order valence-electron chi connectivity index (χ1n) is 10.4. The molecule has 30 heavy (non-hydrogen) atoms. The van der Waals surface area contributed by atoms with Crippen LogP contribution in [0.1, 0.15) is 35.7 Å². The number of nitrogens with zero attached hydrogens (tertiary/aromatic N) is 1. The van der Waals surface area contributed by atoms with Crippen molar-refractivity contribution in [1.29, 1.82) is 0 Å². The fraction of sp³-hybridized carbons (Fsp3) is 0.280. The summed E-state index contributed by atoms with van der Waals surface area (Å²) in [5.41, 5.74) is 2.75.